The fraction of sp³-hybridized carbons (Fsp3) is 0.833. The van der Waals surface area contributed by atoms with Crippen LogP contribution in [0.4, 0.5) is 0 Å². The topological polar surface area (TPSA) is 62.4 Å². The molecule has 0 bridgehead atoms. The normalized spacial score (nSPS) is 13.2. The molecule has 0 aliphatic carbocycles. The quantitative estimate of drug-likeness (QED) is 0.742. The third-order valence-electron chi connectivity index (χ3n) is 2.83. The summed E-state index contributed by atoms with van der Waals surface area (Å²) in [5, 5.41) is 13.1. The summed E-state index contributed by atoms with van der Waals surface area (Å²) >= 11 is 0. The van der Waals surface area contributed by atoms with E-state index in [9.17, 15) is 0 Å². The second kappa shape index (κ2) is 7.40. The van der Waals surface area contributed by atoms with Crippen LogP contribution in [-0.4, -0.2) is 45.9 Å². The fourth-order valence-corrected chi connectivity index (χ4v) is 1.62. The summed E-state index contributed by atoms with van der Waals surface area (Å²) in [5.41, 5.74) is 0. The Balaban J connectivity index is 2.35. The van der Waals surface area contributed by atoms with Crippen molar-refractivity contribution < 1.29 is 9.63 Å². The van der Waals surface area contributed by atoms with E-state index in [0.29, 0.717) is 18.7 Å². The number of rotatable bonds is 8. The first-order chi connectivity index (χ1) is 8.15. The van der Waals surface area contributed by atoms with Gasteiger partial charge in [-0.05, 0) is 26.4 Å². The molecule has 1 N–H and O–H groups in total. The molecule has 1 heterocycles. The van der Waals surface area contributed by atoms with Crippen molar-refractivity contribution in [3.8, 4) is 0 Å². The Morgan fingerprint density at radius 3 is 2.59 bits per heavy atom. The largest absolute Gasteiger partial charge is 0.393 e. The molecule has 0 aromatic carbocycles. The van der Waals surface area contributed by atoms with Gasteiger partial charge in [0.2, 0.25) is 5.89 Å². The van der Waals surface area contributed by atoms with Gasteiger partial charge in [-0.2, -0.15) is 4.98 Å². The number of aromatic nitrogens is 2. The Labute approximate surface area is 103 Å². The fourth-order valence-electron chi connectivity index (χ4n) is 1.62. The predicted molar refractivity (Wildman–Crippen MR) is 65.8 cm³/mol. The van der Waals surface area contributed by atoms with Crippen molar-refractivity contribution in [2.24, 2.45) is 0 Å². The molecule has 1 aromatic rings. The maximum atomic E-state index is 9.16. The van der Waals surface area contributed by atoms with Crippen LogP contribution in [0.25, 0.3) is 0 Å². The summed E-state index contributed by atoms with van der Waals surface area (Å²) in [4.78, 5) is 6.63. The minimum Gasteiger partial charge on any atom is -0.393 e. The zero-order chi connectivity index (χ0) is 12.7. The standard InChI is InChI=1S/C12H23N3O2/c1-4-15(5-2)9-8-11-13-12(17-14-11)7-6-10(3)16/h10,16H,4-9H2,1-3H3. The van der Waals surface area contributed by atoms with Crippen LogP contribution in [0, 0.1) is 0 Å². The van der Waals surface area contributed by atoms with Gasteiger partial charge in [0.1, 0.15) is 0 Å². The van der Waals surface area contributed by atoms with Gasteiger partial charge in [-0.3, -0.25) is 0 Å². The Morgan fingerprint density at radius 2 is 2.00 bits per heavy atom. The lowest BCUT2D eigenvalue weighted by molar-refractivity contribution is 0.180. The molecule has 0 spiro atoms. The summed E-state index contributed by atoms with van der Waals surface area (Å²) in [6.07, 6.45) is 1.81. The molecule has 17 heavy (non-hydrogen) atoms. The molecule has 5 heteroatoms. The molecule has 1 aromatic heterocycles. The zero-order valence-electron chi connectivity index (χ0n) is 11.0. The van der Waals surface area contributed by atoms with E-state index in [4.69, 9.17) is 9.63 Å². The van der Waals surface area contributed by atoms with E-state index < -0.39 is 0 Å². The third-order valence-corrected chi connectivity index (χ3v) is 2.83. The van der Waals surface area contributed by atoms with Gasteiger partial charge in [0.25, 0.3) is 0 Å². The SMILES string of the molecule is CCN(CC)CCc1noc(CCC(C)O)n1. The molecule has 0 fully saturated rings. The maximum Gasteiger partial charge on any atom is 0.226 e. The van der Waals surface area contributed by atoms with Crippen molar-refractivity contribution in [3.05, 3.63) is 11.7 Å². The van der Waals surface area contributed by atoms with Crippen molar-refractivity contribution >= 4 is 0 Å². The van der Waals surface area contributed by atoms with E-state index in [-0.39, 0.29) is 6.10 Å². The Hall–Kier alpha value is -0.940. The molecule has 0 aliphatic heterocycles. The van der Waals surface area contributed by atoms with E-state index in [1.807, 2.05) is 0 Å². The smallest absolute Gasteiger partial charge is 0.226 e. The number of nitrogens with zero attached hydrogens (tertiary/aromatic N) is 3. The average Bonchev–Trinajstić information content (AvgIpc) is 2.76. The first-order valence-corrected chi connectivity index (χ1v) is 6.37. The summed E-state index contributed by atoms with van der Waals surface area (Å²) in [5.74, 6) is 1.39. The Bertz CT molecular complexity index is 308. The summed E-state index contributed by atoms with van der Waals surface area (Å²) in [6.45, 7) is 9.11. The van der Waals surface area contributed by atoms with Crippen LogP contribution in [0.15, 0.2) is 4.52 Å². The van der Waals surface area contributed by atoms with E-state index in [1.54, 1.807) is 6.92 Å². The summed E-state index contributed by atoms with van der Waals surface area (Å²) in [6, 6.07) is 0. The van der Waals surface area contributed by atoms with Crippen LogP contribution in [0.5, 0.6) is 0 Å². The highest BCUT2D eigenvalue weighted by atomic mass is 16.5. The van der Waals surface area contributed by atoms with Crippen LogP contribution >= 0.6 is 0 Å². The van der Waals surface area contributed by atoms with Crippen molar-refractivity contribution in [2.45, 2.75) is 46.1 Å². The van der Waals surface area contributed by atoms with E-state index in [1.165, 1.54) is 0 Å². The van der Waals surface area contributed by atoms with Gasteiger partial charge in [-0.1, -0.05) is 19.0 Å². The number of aryl methyl sites for hydroxylation is 1. The van der Waals surface area contributed by atoms with Gasteiger partial charge in [-0.25, -0.2) is 0 Å². The van der Waals surface area contributed by atoms with E-state index >= 15 is 0 Å². The van der Waals surface area contributed by atoms with Crippen LogP contribution < -0.4 is 0 Å². The van der Waals surface area contributed by atoms with Gasteiger partial charge in [0.15, 0.2) is 5.82 Å². The zero-order valence-corrected chi connectivity index (χ0v) is 11.0. The first-order valence-electron chi connectivity index (χ1n) is 6.37. The van der Waals surface area contributed by atoms with E-state index in [2.05, 4.69) is 28.9 Å². The van der Waals surface area contributed by atoms with Crippen LogP contribution in [0.2, 0.25) is 0 Å². The number of aliphatic hydroxyl groups is 1. The number of aliphatic hydroxyl groups excluding tert-OH is 1. The molecule has 98 valence electrons. The summed E-state index contributed by atoms with van der Waals surface area (Å²) < 4.78 is 5.12. The molecule has 0 radical (unpaired) electrons. The number of hydrogen-bond donors (Lipinski definition) is 1. The molecule has 0 saturated heterocycles. The second-order valence-corrected chi connectivity index (χ2v) is 4.27. The van der Waals surface area contributed by atoms with Gasteiger partial charge < -0.3 is 14.5 Å². The van der Waals surface area contributed by atoms with Crippen LogP contribution in [-0.2, 0) is 12.8 Å². The average molecular weight is 241 g/mol. The Kier molecular flexibility index (Phi) is 6.15. The van der Waals surface area contributed by atoms with Crippen molar-refractivity contribution in [1.29, 1.82) is 0 Å². The van der Waals surface area contributed by atoms with Crippen LogP contribution in [0.3, 0.4) is 0 Å². The maximum absolute atomic E-state index is 9.16. The van der Waals surface area contributed by atoms with Crippen molar-refractivity contribution in [2.75, 3.05) is 19.6 Å². The molecule has 1 rings (SSSR count). The van der Waals surface area contributed by atoms with Crippen LogP contribution in [0.1, 0.15) is 38.9 Å². The highest BCUT2D eigenvalue weighted by molar-refractivity contribution is 4.87. The van der Waals surface area contributed by atoms with Gasteiger partial charge in [0, 0.05) is 19.4 Å². The summed E-state index contributed by atoms with van der Waals surface area (Å²) in [7, 11) is 0. The monoisotopic (exact) mass is 241 g/mol. The lowest BCUT2D eigenvalue weighted by Gasteiger charge is -2.16. The highest BCUT2D eigenvalue weighted by Crippen LogP contribution is 2.04. The minimum atomic E-state index is -0.318. The molecule has 5 nitrogen and oxygen atoms in total. The third kappa shape index (κ3) is 5.28. The molecule has 0 amide bonds. The number of hydrogen-bond acceptors (Lipinski definition) is 5. The molecular formula is C12H23N3O2. The second-order valence-electron chi connectivity index (χ2n) is 4.27. The highest BCUT2D eigenvalue weighted by Gasteiger charge is 2.08. The van der Waals surface area contributed by atoms with E-state index in [0.717, 1.165) is 31.9 Å². The molecule has 1 atom stereocenters. The number of likely N-dealkylation sites (N-methyl/N-ethyl adjacent to an activating group) is 1. The lowest BCUT2D eigenvalue weighted by atomic mass is 10.2. The van der Waals surface area contributed by atoms with Gasteiger partial charge in [-0.15, -0.1) is 0 Å². The molecule has 1 unspecified atom stereocenters. The molecule has 0 aliphatic rings. The molecular weight excluding hydrogens is 218 g/mol. The lowest BCUT2D eigenvalue weighted by Crippen LogP contribution is -2.25. The van der Waals surface area contributed by atoms with Gasteiger partial charge >= 0.3 is 0 Å². The minimum absolute atomic E-state index is 0.318. The van der Waals surface area contributed by atoms with Crippen molar-refractivity contribution in [1.82, 2.24) is 15.0 Å². The molecule has 0 saturated carbocycles. The van der Waals surface area contributed by atoms with Crippen molar-refractivity contribution in [3.63, 3.8) is 0 Å². The first kappa shape index (κ1) is 14.1. The van der Waals surface area contributed by atoms with Gasteiger partial charge in [0.05, 0.1) is 6.10 Å². The Morgan fingerprint density at radius 1 is 1.29 bits per heavy atom. The predicted octanol–water partition coefficient (Wildman–Crippen LogP) is 1.27.